The molecule has 2 atom stereocenters. The topological polar surface area (TPSA) is 43.4 Å². The van der Waals surface area contributed by atoms with Crippen LogP contribution in [0.25, 0.3) is 0 Å². The summed E-state index contributed by atoms with van der Waals surface area (Å²) in [5.74, 6) is 0.0517. The number of carbonyl (C=O) groups is 2. The van der Waals surface area contributed by atoms with Gasteiger partial charge in [0.25, 0.3) is 0 Å². The summed E-state index contributed by atoms with van der Waals surface area (Å²) in [6.45, 7) is 9.07. The quantitative estimate of drug-likeness (QED) is 0.451. The Morgan fingerprint density at radius 3 is 2.67 bits per heavy atom. The van der Waals surface area contributed by atoms with Gasteiger partial charge in [0, 0.05) is 6.42 Å². The van der Waals surface area contributed by atoms with E-state index < -0.39 is 13.5 Å². The van der Waals surface area contributed by atoms with Crippen molar-refractivity contribution in [2.24, 2.45) is 11.3 Å². The van der Waals surface area contributed by atoms with Gasteiger partial charge in [-0.25, -0.2) is 0 Å². The maximum Gasteiger partial charge on any atom is 0.320 e. The van der Waals surface area contributed by atoms with Gasteiger partial charge in [-0.1, -0.05) is 30.9 Å². The Kier molecular flexibility index (Phi) is 4.76. The van der Waals surface area contributed by atoms with Crippen LogP contribution in [-0.2, 0) is 14.3 Å². The molecule has 4 heteroatoms. The highest BCUT2D eigenvalue weighted by atomic mass is 28.3. The molecule has 0 aromatic rings. The summed E-state index contributed by atoms with van der Waals surface area (Å²) in [7, 11) is -1.33. The second-order valence-corrected chi connectivity index (χ2v) is 12.6. The summed E-state index contributed by atoms with van der Waals surface area (Å²) in [5.41, 5.74) is 2.83. The van der Waals surface area contributed by atoms with Crippen molar-refractivity contribution in [2.45, 2.75) is 65.1 Å². The monoisotopic (exact) mass is 308 g/mol. The van der Waals surface area contributed by atoms with E-state index in [0.29, 0.717) is 19.4 Å². The standard InChI is InChI=1S/C17H28O3Si/c1-5-20-16(19)17-11-13(12-21(2,3)4)9-10-14(17)7-6-8-15(17)18/h12,14H,5-11H2,1-4H3/b13-12+/t14-,17+/m0/s1. The molecule has 0 radical (unpaired) electrons. The lowest BCUT2D eigenvalue weighted by molar-refractivity contribution is -0.168. The molecule has 0 bridgehead atoms. The van der Waals surface area contributed by atoms with Crippen LogP contribution in [0.15, 0.2) is 11.3 Å². The molecule has 3 nitrogen and oxygen atoms in total. The third-order valence-electron chi connectivity index (χ3n) is 4.75. The highest BCUT2D eigenvalue weighted by Crippen LogP contribution is 2.51. The number of ketones is 1. The van der Waals surface area contributed by atoms with Crippen molar-refractivity contribution in [2.75, 3.05) is 6.61 Å². The largest absolute Gasteiger partial charge is 0.465 e. The van der Waals surface area contributed by atoms with E-state index in [9.17, 15) is 9.59 Å². The van der Waals surface area contributed by atoms with E-state index in [0.717, 1.165) is 25.7 Å². The van der Waals surface area contributed by atoms with Gasteiger partial charge in [-0.05, 0) is 44.9 Å². The summed E-state index contributed by atoms with van der Waals surface area (Å²) in [5, 5.41) is 0. The number of ether oxygens (including phenoxy) is 1. The number of fused-ring (bicyclic) bond motifs is 1. The molecule has 2 aliphatic carbocycles. The fourth-order valence-corrected chi connectivity index (χ4v) is 5.47. The van der Waals surface area contributed by atoms with Crippen LogP contribution < -0.4 is 0 Å². The number of rotatable bonds is 3. The first-order chi connectivity index (χ1) is 9.79. The van der Waals surface area contributed by atoms with Crippen LogP contribution in [0.2, 0.25) is 19.6 Å². The lowest BCUT2D eigenvalue weighted by Crippen LogP contribution is -2.51. The minimum Gasteiger partial charge on any atom is -0.465 e. The van der Waals surface area contributed by atoms with Crippen molar-refractivity contribution < 1.29 is 14.3 Å². The first kappa shape index (κ1) is 16.5. The van der Waals surface area contributed by atoms with Gasteiger partial charge in [-0.2, -0.15) is 0 Å². The molecule has 0 aliphatic heterocycles. The third-order valence-corrected chi connectivity index (χ3v) is 6.02. The smallest absolute Gasteiger partial charge is 0.320 e. The van der Waals surface area contributed by atoms with Crippen LogP contribution in [0.4, 0.5) is 0 Å². The van der Waals surface area contributed by atoms with E-state index in [1.165, 1.54) is 5.57 Å². The molecule has 0 N–H and O–H groups in total. The summed E-state index contributed by atoms with van der Waals surface area (Å²) >= 11 is 0. The van der Waals surface area contributed by atoms with Gasteiger partial charge in [-0.3, -0.25) is 9.59 Å². The maximum absolute atomic E-state index is 12.7. The molecule has 21 heavy (non-hydrogen) atoms. The van der Waals surface area contributed by atoms with Gasteiger partial charge >= 0.3 is 5.97 Å². The summed E-state index contributed by atoms with van der Waals surface area (Å²) in [6, 6.07) is 0. The third kappa shape index (κ3) is 3.31. The molecule has 0 unspecified atom stereocenters. The molecule has 2 saturated carbocycles. The summed E-state index contributed by atoms with van der Waals surface area (Å²) in [6.07, 6.45) is 5.07. The van der Waals surface area contributed by atoms with Crippen molar-refractivity contribution in [3.8, 4) is 0 Å². The van der Waals surface area contributed by atoms with Gasteiger partial charge in [-0.15, -0.1) is 0 Å². The van der Waals surface area contributed by atoms with Crippen LogP contribution in [0.5, 0.6) is 0 Å². The minimum atomic E-state index is -1.33. The van der Waals surface area contributed by atoms with Crippen molar-refractivity contribution in [1.29, 1.82) is 0 Å². The fraction of sp³-hybridized carbons (Fsp3) is 0.765. The first-order valence-corrected chi connectivity index (χ1v) is 11.8. The van der Waals surface area contributed by atoms with Crippen LogP contribution in [-0.4, -0.2) is 26.4 Å². The predicted octanol–water partition coefficient (Wildman–Crippen LogP) is 3.89. The summed E-state index contributed by atoms with van der Waals surface area (Å²) < 4.78 is 5.31. The molecule has 0 heterocycles. The van der Waals surface area contributed by atoms with Gasteiger partial charge in [0.2, 0.25) is 0 Å². The molecule has 2 fully saturated rings. The molecule has 0 amide bonds. The lowest BCUT2D eigenvalue weighted by Gasteiger charge is -2.45. The molecular weight excluding hydrogens is 280 g/mol. The zero-order valence-electron chi connectivity index (χ0n) is 13.8. The van der Waals surface area contributed by atoms with E-state index in [1.807, 2.05) is 6.92 Å². The number of allylic oxidation sites excluding steroid dienone is 1. The molecule has 2 aliphatic rings. The normalized spacial score (nSPS) is 31.9. The van der Waals surface area contributed by atoms with Gasteiger partial charge in [0.1, 0.15) is 5.41 Å². The van der Waals surface area contributed by atoms with Crippen molar-refractivity contribution in [3.05, 3.63) is 11.3 Å². The fourth-order valence-electron chi connectivity index (χ4n) is 3.99. The zero-order chi connectivity index (χ0) is 15.7. The van der Waals surface area contributed by atoms with Crippen LogP contribution in [0, 0.1) is 11.3 Å². The minimum absolute atomic E-state index is 0.123. The van der Waals surface area contributed by atoms with Crippen LogP contribution in [0.3, 0.4) is 0 Å². The molecule has 118 valence electrons. The molecule has 2 rings (SSSR count). The second-order valence-electron chi connectivity index (χ2n) is 7.59. The second kappa shape index (κ2) is 6.07. The van der Waals surface area contributed by atoms with E-state index in [4.69, 9.17) is 4.74 Å². The van der Waals surface area contributed by atoms with Crippen molar-refractivity contribution >= 4 is 19.8 Å². The average molecular weight is 308 g/mol. The summed E-state index contributed by atoms with van der Waals surface area (Å²) in [4.78, 5) is 25.3. The number of Topliss-reactive ketones (excluding diaryl/α,β-unsaturated/α-hetero) is 1. The Labute approximate surface area is 129 Å². The molecule has 0 aromatic carbocycles. The Morgan fingerprint density at radius 2 is 2.05 bits per heavy atom. The predicted molar refractivity (Wildman–Crippen MR) is 86.7 cm³/mol. The first-order valence-electron chi connectivity index (χ1n) is 8.20. The molecule has 0 aromatic heterocycles. The van der Waals surface area contributed by atoms with E-state index in [-0.39, 0.29) is 17.7 Å². The number of esters is 1. The molecule has 0 saturated heterocycles. The van der Waals surface area contributed by atoms with Crippen LogP contribution >= 0.6 is 0 Å². The maximum atomic E-state index is 12.7. The van der Waals surface area contributed by atoms with Gasteiger partial charge in [0.15, 0.2) is 5.78 Å². The zero-order valence-corrected chi connectivity index (χ0v) is 14.8. The lowest BCUT2D eigenvalue weighted by atomic mass is 9.58. The Morgan fingerprint density at radius 1 is 1.33 bits per heavy atom. The molecular formula is C17H28O3Si. The Hall–Kier alpha value is -0.903. The Bertz CT molecular complexity index is 461. The molecule has 0 spiro atoms. The number of hydrogen-bond acceptors (Lipinski definition) is 3. The van der Waals surface area contributed by atoms with Crippen LogP contribution in [0.1, 0.15) is 45.4 Å². The van der Waals surface area contributed by atoms with Gasteiger partial charge < -0.3 is 4.74 Å². The number of hydrogen-bond donors (Lipinski definition) is 0. The van der Waals surface area contributed by atoms with E-state index in [2.05, 4.69) is 25.3 Å². The highest BCUT2D eigenvalue weighted by Gasteiger charge is 2.55. The highest BCUT2D eigenvalue weighted by molar-refractivity contribution is 6.81. The number of carbonyl (C=O) groups excluding carboxylic acids is 2. The van der Waals surface area contributed by atoms with E-state index in [1.54, 1.807) is 0 Å². The van der Waals surface area contributed by atoms with Gasteiger partial charge in [0.05, 0.1) is 14.7 Å². The van der Waals surface area contributed by atoms with Crippen molar-refractivity contribution in [3.63, 3.8) is 0 Å². The average Bonchev–Trinajstić information content (AvgIpc) is 2.38. The SMILES string of the molecule is CCOC(=O)[C@]12C/C(=C/[Si](C)(C)C)CC[C@@H]1CCCC2=O. The van der Waals surface area contributed by atoms with E-state index >= 15 is 0 Å². The van der Waals surface area contributed by atoms with Crippen molar-refractivity contribution in [1.82, 2.24) is 0 Å². The Balaban J connectivity index is 2.36.